The number of rotatable bonds is 4. The zero-order chi connectivity index (χ0) is 17.6. The fourth-order valence-corrected chi connectivity index (χ4v) is 6.21. The quantitative estimate of drug-likeness (QED) is 0.517. The zero-order valence-corrected chi connectivity index (χ0v) is 15.2. The molecule has 2 aliphatic carbocycles. The normalized spacial score (nSPS) is 34.6. The molecular weight excluding hydrogens is 330 g/mol. The summed E-state index contributed by atoms with van der Waals surface area (Å²) in [6.07, 6.45) is 3.90. The van der Waals surface area contributed by atoms with Crippen LogP contribution in [0.5, 0.6) is 0 Å². The molecule has 0 aromatic carbocycles. The molecule has 1 amide bonds. The Kier molecular flexibility index (Phi) is 4.51. The first-order valence-electron chi connectivity index (χ1n) is 8.68. The van der Waals surface area contributed by atoms with Gasteiger partial charge in [0.05, 0.1) is 5.75 Å². The van der Waals surface area contributed by atoms with Gasteiger partial charge in [-0.2, -0.15) is 13.5 Å². The van der Waals surface area contributed by atoms with Crippen LogP contribution in [0.4, 0.5) is 0 Å². The van der Waals surface area contributed by atoms with Crippen molar-refractivity contribution in [2.24, 2.45) is 27.8 Å². The molecule has 3 N–H and O–H groups in total. The van der Waals surface area contributed by atoms with E-state index in [1.165, 1.54) is 0 Å². The second kappa shape index (κ2) is 6.07. The highest BCUT2D eigenvalue weighted by Crippen LogP contribution is 2.64. The number of nitrogens with one attached hydrogen (secondary N) is 2. The maximum atomic E-state index is 12.3. The zero-order valence-electron chi connectivity index (χ0n) is 14.3. The third-order valence-electron chi connectivity index (χ3n) is 6.61. The lowest BCUT2D eigenvalue weighted by atomic mass is 9.70. The van der Waals surface area contributed by atoms with Gasteiger partial charge in [0.15, 0.2) is 0 Å². The van der Waals surface area contributed by atoms with Crippen LogP contribution in [0, 0.1) is 22.7 Å². The summed E-state index contributed by atoms with van der Waals surface area (Å²) >= 11 is 0. The average molecular weight is 357 g/mol. The first-order valence-corrected chi connectivity index (χ1v) is 10.3. The number of hydrogen-bond acceptors (Lipinski definition) is 5. The van der Waals surface area contributed by atoms with Gasteiger partial charge in [0.25, 0.3) is 10.1 Å². The smallest absolute Gasteiger partial charge is 0.265 e. The van der Waals surface area contributed by atoms with E-state index in [4.69, 9.17) is 0 Å². The largest absolute Gasteiger partial charge is 0.317 e. The number of fused-ring (bicyclic) bond motifs is 2. The first kappa shape index (κ1) is 17.8. The minimum absolute atomic E-state index is 0.0419. The predicted octanol–water partition coefficient (Wildman–Crippen LogP) is 1.17. The summed E-state index contributed by atoms with van der Waals surface area (Å²) in [5.41, 5.74) is 2.48. The van der Waals surface area contributed by atoms with Crippen molar-refractivity contribution in [1.82, 2.24) is 10.7 Å². The molecule has 24 heavy (non-hydrogen) atoms. The molecule has 136 valence electrons. The molecule has 2 saturated carbocycles. The molecule has 7 nitrogen and oxygen atoms in total. The Morgan fingerprint density at radius 1 is 1.33 bits per heavy atom. The Bertz CT molecular complexity index is 652. The third kappa shape index (κ3) is 2.99. The van der Waals surface area contributed by atoms with Crippen molar-refractivity contribution in [2.45, 2.75) is 46.0 Å². The lowest BCUT2D eigenvalue weighted by Crippen LogP contribution is -2.43. The summed E-state index contributed by atoms with van der Waals surface area (Å²) in [5, 5.41) is 7.58. The van der Waals surface area contributed by atoms with Crippen molar-refractivity contribution in [3.63, 3.8) is 0 Å². The lowest BCUT2D eigenvalue weighted by molar-refractivity contribution is -0.125. The van der Waals surface area contributed by atoms with Crippen molar-refractivity contribution in [3.05, 3.63) is 0 Å². The Balaban J connectivity index is 1.80. The molecule has 8 heteroatoms. The summed E-state index contributed by atoms with van der Waals surface area (Å²) in [4.78, 5) is 12.3. The monoisotopic (exact) mass is 357 g/mol. The van der Waals surface area contributed by atoms with E-state index in [1.54, 1.807) is 0 Å². The first-order chi connectivity index (χ1) is 11.2. The Hall–Kier alpha value is -0.990. The number of carbonyl (C=O) groups excluding carboxylic acids is 1. The summed E-state index contributed by atoms with van der Waals surface area (Å²) in [6.45, 7) is 5.76. The van der Waals surface area contributed by atoms with Crippen LogP contribution < -0.4 is 10.7 Å². The van der Waals surface area contributed by atoms with Crippen molar-refractivity contribution < 1.29 is 17.8 Å². The van der Waals surface area contributed by atoms with E-state index >= 15 is 0 Å². The van der Waals surface area contributed by atoms with Gasteiger partial charge < -0.3 is 5.32 Å². The van der Waals surface area contributed by atoms with Gasteiger partial charge in [0.1, 0.15) is 0 Å². The van der Waals surface area contributed by atoms with Gasteiger partial charge in [-0.25, -0.2) is 5.43 Å². The molecule has 3 aliphatic rings. The van der Waals surface area contributed by atoms with Gasteiger partial charge in [-0.1, -0.05) is 13.8 Å². The summed E-state index contributed by atoms with van der Waals surface area (Å²) in [7, 11) is -4.12. The molecule has 0 aromatic rings. The molecule has 3 fully saturated rings. The van der Waals surface area contributed by atoms with Crippen LogP contribution in [0.25, 0.3) is 0 Å². The average Bonchev–Trinajstić information content (AvgIpc) is 2.86. The Morgan fingerprint density at radius 2 is 2.00 bits per heavy atom. The fourth-order valence-electron chi connectivity index (χ4n) is 4.90. The second-order valence-corrected chi connectivity index (χ2v) is 9.48. The number of hydrazone groups is 1. The number of nitrogens with zero attached hydrogens (tertiary/aromatic N) is 1. The van der Waals surface area contributed by atoms with Gasteiger partial charge in [0, 0.05) is 17.0 Å². The van der Waals surface area contributed by atoms with E-state index in [0.717, 1.165) is 38.1 Å². The minimum atomic E-state index is -4.12. The summed E-state index contributed by atoms with van der Waals surface area (Å²) in [5.74, 6) is -0.106. The summed E-state index contributed by atoms with van der Waals surface area (Å²) < 4.78 is 32.6. The summed E-state index contributed by atoms with van der Waals surface area (Å²) in [6, 6.07) is 0. The number of hydrogen-bond donors (Lipinski definition) is 3. The molecule has 2 unspecified atom stereocenters. The molecule has 1 aliphatic heterocycles. The van der Waals surface area contributed by atoms with E-state index < -0.39 is 15.5 Å². The van der Waals surface area contributed by atoms with E-state index in [9.17, 15) is 17.8 Å². The molecule has 1 saturated heterocycles. The highest BCUT2D eigenvalue weighted by Gasteiger charge is 2.64. The van der Waals surface area contributed by atoms with Crippen LogP contribution >= 0.6 is 0 Å². The predicted molar refractivity (Wildman–Crippen MR) is 91.1 cm³/mol. The molecule has 3 rings (SSSR count). The van der Waals surface area contributed by atoms with Crippen LogP contribution in [0.15, 0.2) is 5.10 Å². The molecule has 0 aromatic heterocycles. The van der Waals surface area contributed by atoms with Gasteiger partial charge in [0.2, 0.25) is 5.91 Å². The molecule has 0 radical (unpaired) electrons. The van der Waals surface area contributed by atoms with Crippen molar-refractivity contribution >= 4 is 21.7 Å². The molecule has 0 spiro atoms. The van der Waals surface area contributed by atoms with E-state index in [0.29, 0.717) is 18.8 Å². The standard InChI is InChI=1S/C16H27N3O4S/c1-15(2)12-3-6-16(15,10-24(21,22)23)13(9-12)18-19-14(20)11-4-7-17-8-5-11/h11-12,17H,3-10H2,1-2H3,(H,19,20)(H,21,22,23). The van der Waals surface area contributed by atoms with Crippen LogP contribution in [0.3, 0.4) is 0 Å². The van der Waals surface area contributed by atoms with Crippen LogP contribution in [0.2, 0.25) is 0 Å². The Morgan fingerprint density at radius 3 is 2.58 bits per heavy atom. The van der Waals surface area contributed by atoms with Crippen molar-refractivity contribution in [1.29, 1.82) is 0 Å². The second-order valence-electron chi connectivity index (χ2n) is 8.03. The molecular formula is C16H27N3O4S. The van der Waals surface area contributed by atoms with Crippen LogP contribution in [-0.2, 0) is 14.9 Å². The van der Waals surface area contributed by atoms with Crippen LogP contribution in [0.1, 0.15) is 46.0 Å². The van der Waals surface area contributed by atoms with Gasteiger partial charge in [-0.05, 0) is 56.5 Å². The Labute approximate surface area is 143 Å². The van der Waals surface area contributed by atoms with Gasteiger partial charge in [-0.15, -0.1) is 0 Å². The topological polar surface area (TPSA) is 108 Å². The minimum Gasteiger partial charge on any atom is -0.317 e. The third-order valence-corrected chi connectivity index (χ3v) is 7.46. The fraction of sp³-hybridized carbons (Fsp3) is 0.875. The number of amides is 1. The number of carbonyl (C=O) groups is 1. The highest BCUT2D eigenvalue weighted by molar-refractivity contribution is 7.85. The maximum Gasteiger partial charge on any atom is 0.265 e. The van der Waals surface area contributed by atoms with Crippen molar-refractivity contribution in [2.75, 3.05) is 18.8 Å². The van der Waals surface area contributed by atoms with Crippen LogP contribution in [-0.4, -0.2) is 43.4 Å². The van der Waals surface area contributed by atoms with E-state index in [-0.39, 0.29) is 23.0 Å². The van der Waals surface area contributed by atoms with E-state index in [2.05, 4.69) is 15.8 Å². The van der Waals surface area contributed by atoms with Gasteiger partial charge in [-0.3, -0.25) is 9.35 Å². The molecule has 1 heterocycles. The van der Waals surface area contributed by atoms with Gasteiger partial charge >= 0.3 is 0 Å². The molecule has 2 bridgehead atoms. The lowest BCUT2D eigenvalue weighted by Gasteiger charge is -2.37. The highest BCUT2D eigenvalue weighted by atomic mass is 32.2. The maximum absolute atomic E-state index is 12.3. The SMILES string of the molecule is CC1(C)C2CCC1(CS(=O)(=O)O)C(=NNC(=O)C1CCNCC1)C2. The van der Waals surface area contributed by atoms with Crippen molar-refractivity contribution in [3.8, 4) is 0 Å². The number of piperidine rings is 1. The van der Waals surface area contributed by atoms with E-state index in [1.807, 2.05) is 13.8 Å². The molecule has 2 atom stereocenters.